The summed E-state index contributed by atoms with van der Waals surface area (Å²) in [5.41, 5.74) is 4.04. The smallest absolute Gasteiger partial charge is 0.122 e. The zero-order valence-electron chi connectivity index (χ0n) is 12.2. The van der Waals surface area contributed by atoms with E-state index in [1.165, 1.54) is 16.7 Å². The number of benzene rings is 2. The van der Waals surface area contributed by atoms with Crippen molar-refractivity contribution in [3.63, 3.8) is 0 Å². The van der Waals surface area contributed by atoms with Gasteiger partial charge in [0.05, 0.1) is 6.61 Å². The van der Waals surface area contributed by atoms with Crippen LogP contribution < -0.4 is 10.1 Å². The molecule has 0 saturated carbocycles. The van der Waals surface area contributed by atoms with Crippen LogP contribution in [-0.4, -0.2) is 13.2 Å². The average Bonchev–Trinajstić information content (AvgIpc) is 2.96. The molecular formula is C18H20BrNO. The second kappa shape index (κ2) is 6.63. The summed E-state index contributed by atoms with van der Waals surface area (Å²) in [6.45, 7) is 3.94. The topological polar surface area (TPSA) is 21.3 Å². The summed E-state index contributed by atoms with van der Waals surface area (Å²) in [6.07, 6.45) is 2.03. The highest BCUT2D eigenvalue weighted by Crippen LogP contribution is 2.29. The highest BCUT2D eigenvalue weighted by Gasteiger charge is 2.16. The maximum atomic E-state index is 5.60. The zero-order valence-corrected chi connectivity index (χ0v) is 13.8. The van der Waals surface area contributed by atoms with E-state index in [0.29, 0.717) is 6.04 Å². The van der Waals surface area contributed by atoms with Gasteiger partial charge in [-0.05, 0) is 47.9 Å². The third kappa shape index (κ3) is 3.47. The molecule has 0 bridgehead atoms. The minimum atomic E-state index is 0.349. The van der Waals surface area contributed by atoms with Crippen LogP contribution in [0.2, 0.25) is 0 Å². The molecule has 21 heavy (non-hydrogen) atoms. The van der Waals surface area contributed by atoms with Gasteiger partial charge in [0.25, 0.3) is 0 Å². The number of ether oxygens (including phenoxy) is 1. The average molecular weight is 346 g/mol. The summed E-state index contributed by atoms with van der Waals surface area (Å²) in [5, 5.41) is 3.60. The normalized spacial score (nSPS) is 14.6. The lowest BCUT2D eigenvalue weighted by atomic mass is 9.96. The van der Waals surface area contributed by atoms with Crippen molar-refractivity contribution >= 4 is 15.9 Å². The van der Waals surface area contributed by atoms with Gasteiger partial charge in [-0.25, -0.2) is 0 Å². The number of rotatable bonds is 5. The van der Waals surface area contributed by atoms with Crippen molar-refractivity contribution in [3.8, 4) is 5.75 Å². The van der Waals surface area contributed by atoms with Crippen molar-refractivity contribution < 1.29 is 4.74 Å². The molecule has 0 fully saturated rings. The Morgan fingerprint density at radius 3 is 2.76 bits per heavy atom. The van der Waals surface area contributed by atoms with Crippen molar-refractivity contribution in [1.29, 1.82) is 0 Å². The highest BCUT2D eigenvalue weighted by atomic mass is 79.9. The number of hydrogen-bond donors (Lipinski definition) is 1. The van der Waals surface area contributed by atoms with Crippen molar-refractivity contribution in [2.75, 3.05) is 13.2 Å². The standard InChI is InChI=1S/C18H20BrNO/c1-2-20-17(11-13-3-6-16(19)7-4-13)14-5-8-18-15(12-14)9-10-21-18/h3-8,12,17,20H,2,9-11H2,1H3. The third-order valence-corrected chi connectivity index (χ3v) is 4.45. The van der Waals surface area contributed by atoms with E-state index in [0.717, 1.165) is 36.2 Å². The zero-order chi connectivity index (χ0) is 14.7. The first-order valence-corrected chi connectivity index (χ1v) is 8.29. The minimum absolute atomic E-state index is 0.349. The Bertz CT molecular complexity index is 609. The van der Waals surface area contributed by atoms with Gasteiger partial charge in [-0.15, -0.1) is 0 Å². The van der Waals surface area contributed by atoms with Gasteiger partial charge >= 0.3 is 0 Å². The molecule has 1 unspecified atom stereocenters. The van der Waals surface area contributed by atoms with Gasteiger partial charge in [0.1, 0.15) is 5.75 Å². The number of likely N-dealkylation sites (N-methyl/N-ethyl adjacent to an activating group) is 1. The Labute approximate surface area is 134 Å². The van der Waals surface area contributed by atoms with Crippen molar-refractivity contribution in [1.82, 2.24) is 5.32 Å². The van der Waals surface area contributed by atoms with Crippen molar-refractivity contribution in [3.05, 3.63) is 63.6 Å². The quantitative estimate of drug-likeness (QED) is 0.873. The second-order valence-electron chi connectivity index (χ2n) is 5.41. The molecule has 1 aliphatic heterocycles. The third-order valence-electron chi connectivity index (χ3n) is 3.92. The van der Waals surface area contributed by atoms with Gasteiger partial charge in [-0.3, -0.25) is 0 Å². The monoisotopic (exact) mass is 345 g/mol. The highest BCUT2D eigenvalue weighted by molar-refractivity contribution is 9.10. The molecule has 3 heteroatoms. The molecule has 110 valence electrons. The van der Waals surface area contributed by atoms with E-state index in [-0.39, 0.29) is 0 Å². The Hall–Kier alpha value is -1.32. The molecule has 0 radical (unpaired) electrons. The SMILES string of the molecule is CCNC(Cc1ccc(Br)cc1)c1ccc2c(c1)CCO2. The molecule has 1 heterocycles. The molecule has 2 nitrogen and oxygen atoms in total. The number of fused-ring (bicyclic) bond motifs is 1. The molecule has 1 aliphatic rings. The van der Waals surface area contributed by atoms with Crippen LogP contribution in [0.3, 0.4) is 0 Å². The lowest BCUT2D eigenvalue weighted by molar-refractivity contribution is 0.356. The van der Waals surface area contributed by atoms with E-state index in [1.807, 2.05) is 0 Å². The van der Waals surface area contributed by atoms with Crippen molar-refractivity contribution in [2.24, 2.45) is 0 Å². The molecule has 0 aliphatic carbocycles. The lowest BCUT2D eigenvalue weighted by Crippen LogP contribution is -2.23. The fraction of sp³-hybridized carbons (Fsp3) is 0.333. The number of hydrogen-bond acceptors (Lipinski definition) is 2. The van der Waals surface area contributed by atoms with Crippen LogP contribution in [-0.2, 0) is 12.8 Å². The van der Waals surface area contributed by atoms with Gasteiger partial charge in [-0.2, -0.15) is 0 Å². The van der Waals surface area contributed by atoms with E-state index >= 15 is 0 Å². The first-order valence-electron chi connectivity index (χ1n) is 7.49. The van der Waals surface area contributed by atoms with Crippen LogP contribution in [0, 0.1) is 0 Å². The molecule has 0 amide bonds. The molecule has 3 rings (SSSR count). The van der Waals surface area contributed by atoms with E-state index < -0.39 is 0 Å². The summed E-state index contributed by atoms with van der Waals surface area (Å²) in [5.74, 6) is 1.05. The van der Waals surface area contributed by atoms with E-state index in [4.69, 9.17) is 4.74 Å². The Morgan fingerprint density at radius 2 is 2.00 bits per heavy atom. The van der Waals surface area contributed by atoms with Crippen LogP contribution in [0.4, 0.5) is 0 Å². The van der Waals surface area contributed by atoms with Crippen LogP contribution in [0.15, 0.2) is 46.9 Å². The molecular weight excluding hydrogens is 326 g/mol. The summed E-state index contributed by atoms with van der Waals surface area (Å²) in [4.78, 5) is 0. The van der Waals surface area contributed by atoms with Crippen LogP contribution in [0.5, 0.6) is 5.75 Å². The van der Waals surface area contributed by atoms with E-state index in [9.17, 15) is 0 Å². The van der Waals surface area contributed by atoms with Crippen LogP contribution in [0.1, 0.15) is 29.7 Å². The van der Waals surface area contributed by atoms with Crippen molar-refractivity contribution in [2.45, 2.75) is 25.8 Å². The number of halogens is 1. The molecule has 1 atom stereocenters. The lowest BCUT2D eigenvalue weighted by Gasteiger charge is -2.19. The summed E-state index contributed by atoms with van der Waals surface area (Å²) in [7, 11) is 0. The van der Waals surface area contributed by atoms with E-state index in [2.05, 4.69) is 70.6 Å². The summed E-state index contributed by atoms with van der Waals surface area (Å²) >= 11 is 3.49. The fourth-order valence-electron chi connectivity index (χ4n) is 2.83. The Morgan fingerprint density at radius 1 is 1.19 bits per heavy atom. The molecule has 0 aromatic heterocycles. The molecule has 1 N–H and O–H groups in total. The van der Waals surface area contributed by atoms with Gasteiger partial charge in [-0.1, -0.05) is 47.1 Å². The van der Waals surface area contributed by atoms with Gasteiger partial charge < -0.3 is 10.1 Å². The first-order chi connectivity index (χ1) is 10.3. The molecule has 0 spiro atoms. The van der Waals surface area contributed by atoms with Crippen LogP contribution >= 0.6 is 15.9 Å². The minimum Gasteiger partial charge on any atom is -0.493 e. The predicted molar refractivity (Wildman–Crippen MR) is 89.9 cm³/mol. The molecule has 0 saturated heterocycles. The summed E-state index contributed by atoms with van der Waals surface area (Å²) < 4.78 is 6.72. The predicted octanol–water partition coefficient (Wildman–Crippen LogP) is 4.28. The van der Waals surface area contributed by atoms with Gasteiger partial charge in [0, 0.05) is 16.9 Å². The Kier molecular flexibility index (Phi) is 4.61. The summed E-state index contributed by atoms with van der Waals surface area (Å²) in [6, 6.07) is 15.5. The molecule has 2 aromatic rings. The van der Waals surface area contributed by atoms with E-state index in [1.54, 1.807) is 0 Å². The fourth-order valence-corrected chi connectivity index (χ4v) is 3.10. The Balaban J connectivity index is 1.82. The molecule has 2 aromatic carbocycles. The number of nitrogens with one attached hydrogen (secondary N) is 1. The van der Waals surface area contributed by atoms with Crippen LogP contribution in [0.25, 0.3) is 0 Å². The second-order valence-corrected chi connectivity index (χ2v) is 6.32. The first kappa shape index (κ1) is 14.6. The maximum absolute atomic E-state index is 5.60. The largest absolute Gasteiger partial charge is 0.493 e. The maximum Gasteiger partial charge on any atom is 0.122 e. The van der Waals surface area contributed by atoms with Gasteiger partial charge in [0.2, 0.25) is 0 Å². The van der Waals surface area contributed by atoms with Gasteiger partial charge in [0.15, 0.2) is 0 Å².